The summed E-state index contributed by atoms with van der Waals surface area (Å²) in [5, 5.41) is 10.8. The van der Waals surface area contributed by atoms with Gasteiger partial charge in [0.2, 0.25) is 0 Å². The minimum atomic E-state index is -0.251. The number of hydrogen-bond acceptors (Lipinski definition) is 6. The van der Waals surface area contributed by atoms with Crippen molar-refractivity contribution in [3.8, 4) is 17.2 Å². The molecule has 2 aromatic heterocycles. The van der Waals surface area contributed by atoms with Crippen LogP contribution in [-0.4, -0.2) is 39.6 Å². The van der Waals surface area contributed by atoms with Crippen molar-refractivity contribution in [2.45, 2.75) is 6.54 Å². The second-order valence-corrected chi connectivity index (χ2v) is 5.11. The van der Waals surface area contributed by atoms with Crippen LogP contribution < -0.4 is 14.8 Å². The fraction of sp³-hybridized carbons (Fsp3) is 0.176. The van der Waals surface area contributed by atoms with Crippen LogP contribution in [0.25, 0.3) is 5.69 Å². The molecule has 128 valence electrons. The number of rotatable bonds is 7. The van der Waals surface area contributed by atoms with E-state index in [1.165, 1.54) is 0 Å². The Morgan fingerprint density at radius 3 is 2.92 bits per heavy atom. The van der Waals surface area contributed by atoms with Gasteiger partial charge in [0.25, 0.3) is 5.91 Å². The van der Waals surface area contributed by atoms with Gasteiger partial charge in [-0.15, -0.1) is 5.10 Å². The summed E-state index contributed by atoms with van der Waals surface area (Å²) in [6.45, 7) is 0.171. The van der Waals surface area contributed by atoms with Crippen molar-refractivity contribution in [3.63, 3.8) is 0 Å². The molecule has 0 saturated carbocycles. The van der Waals surface area contributed by atoms with Crippen LogP contribution in [0.1, 0.15) is 5.69 Å². The van der Waals surface area contributed by atoms with Crippen LogP contribution in [0, 0.1) is 0 Å². The number of aromatic nitrogens is 4. The number of nitrogens with zero attached hydrogens (tertiary/aromatic N) is 4. The molecule has 0 saturated heterocycles. The number of ether oxygens (including phenoxy) is 2. The van der Waals surface area contributed by atoms with E-state index in [2.05, 4.69) is 20.6 Å². The van der Waals surface area contributed by atoms with Crippen molar-refractivity contribution >= 4 is 5.91 Å². The number of nitrogens with one attached hydrogen (secondary N) is 1. The first-order valence-electron chi connectivity index (χ1n) is 7.60. The summed E-state index contributed by atoms with van der Waals surface area (Å²) in [6.07, 6.45) is 5.10. The average Bonchev–Trinajstić information content (AvgIpc) is 3.15. The van der Waals surface area contributed by atoms with Gasteiger partial charge in [0.05, 0.1) is 31.7 Å². The Kier molecular flexibility index (Phi) is 5.20. The summed E-state index contributed by atoms with van der Waals surface area (Å²) in [6, 6.07) is 10.8. The third-order valence-corrected chi connectivity index (χ3v) is 3.33. The van der Waals surface area contributed by atoms with E-state index in [0.29, 0.717) is 17.2 Å². The highest BCUT2D eigenvalue weighted by Crippen LogP contribution is 2.18. The van der Waals surface area contributed by atoms with Crippen molar-refractivity contribution in [2.24, 2.45) is 0 Å². The molecule has 1 aromatic carbocycles. The van der Waals surface area contributed by atoms with Gasteiger partial charge in [-0.2, -0.15) is 0 Å². The quantitative estimate of drug-likeness (QED) is 0.699. The molecular formula is C17H17N5O3. The molecule has 0 aliphatic carbocycles. The molecule has 0 aliphatic heterocycles. The lowest BCUT2D eigenvalue weighted by molar-refractivity contribution is -0.123. The van der Waals surface area contributed by atoms with Crippen LogP contribution in [0.3, 0.4) is 0 Å². The third kappa shape index (κ3) is 4.54. The second kappa shape index (κ2) is 7.91. The highest BCUT2D eigenvalue weighted by atomic mass is 16.5. The Hall–Kier alpha value is -3.42. The zero-order chi connectivity index (χ0) is 17.5. The summed E-state index contributed by atoms with van der Waals surface area (Å²) in [5.74, 6) is 0.987. The highest BCUT2D eigenvalue weighted by molar-refractivity contribution is 5.77. The van der Waals surface area contributed by atoms with Crippen LogP contribution in [-0.2, 0) is 11.3 Å². The maximum absolute atomic E-state index is 11.9. The van der Waals surface area contributed by atoms with E-state index in [4.69, 9.17) is 9.47 Å². The molecule has 8 heteroatoms. The van der Waals surface area contributed by atoms with Crippen LogP contribution in [0.5, 0.6) is 11.5 Å². The van der Waals surface area contributed by atoms with E-state index in [1.54, 1.807) is 54.6 Å². The van der Waals surface area contributed by atoms with Crippen LogP contribution in [0.4, 0.5) is 0 Å². The van der Waals surface area contributed by atoms with Crippen molar-refractivity contribution in [3.05, 3.63) is 60.7 Å². The molecule has 3 rings (SSSR count). The smallest absolute Gasteiger partial charge is 0.258 e. The first kappa shape index (κ1) is 16.4. The standard InChI is InChI=1S/C17H17N5O3/c1-24-15-5-2-6-16(8-15)25-12-17(23)19-9-13-11-22(21-20-13)14-4-3-7-18-10-14/h2-8,10-11H,9,12H2,1H3,(H,19,23). The van der Waals surface area contributed by atoms with Crippen molar-refractivity contribution in [1.29, 1.82) is 0 Å². The molecule has 0 fully saturated rings. The maximum Gasteiger partial charge on any atom is 0.258 e. The second-order valence-electron chi connectivity index (χ2n) is 5.11. The molecule has 0 atom stereocenters. The molecule has 2 heterocycles. The van der Waals surface area contributed by atoms with E-state index in [0.717, 1.165) is 5.69 Å². The molecule has 0 aliphatic rings. The van der Waals surface area contributed by atoms with Gasteiger partial charge in [-0.05, 0) is 24.3 Å². The fourth-order valence-corrected chi connectivity index (χ4v) is 2.07. The monoisotopic (exact) mass is 339 g/mol. The van der Waals surface area contributed by atoms with Gasteiger partial charge in [0.15, 0.2) is 6.61 Å². The van der Waals surface area contributed by atoms with E-state index in [1.807, 2.05) is 12.1 Å². The molecule has 0 bridgehead atoms. The zero-order valence-corrected chi connectivity index (χ0v) is 13.6. The molecule has 0 unspecified atom stereocenters. The van der Waals surface area contributed by atoms with Crippen LogP contribution in [0.15, 0.2) is 55.0 Å². The van der Waals surface area contributed by atoms with E-state index in [9.17, 15) is 4.79 Å². The van der Waals surface area contributed by atoms with Crippen LogP contribution >= 0.6 is 0 Å². The molecule has 3 aromatic rings. The number of carbonyl (C=O) groups is 1. The van der Waals surface area contributed by atoms with Gasteiger partial charge < -0.3 is 14.8 Å². The average molecular weight is 339 g/mol. The molecule has 8 nitrogen and oxygen atoms in total. The minimum Gasteiger partial charge on any atom is -0.497 e. The number of benzene rings is 1. The number of amides is 1. The predicted octanol–water partition coefficient (Wildman–Crippen LogP) is 1.37. The van der Waals surface area contributed by atoms with Gasteiger partial charge in [-0.1, -0.05) is 11.3 Å². The number of carbonyl (C=O) groups excluding carboxylic acids is 1. The zero-order valence-electron chi connectivity index (χ0n) is 13.6. The molecule has 0 radical (unpaired) electrons. The molecule has 25 heavy (non-hydrogen) atoms. The van der Waals surface area contributed by atoms with Crippen molar-refractivity contribution in [1.82, 2.24) is 25.3 Å². The van der Waals surface area contributed by atoms with E-state index < -0.39 is 0 Å². The molecule has 1 amide bonds. The SMILES string of the molecule is COc1cccc(OCC(=O)NCc2cn(-c3cccnc3)nn2)c1. The normalized spacial score (nSPS) is 10.3. The number of hydrogen-bond donors (Lipinski definition) is 1. The Balaban J connectivity index is 1.48. The first-order valence-corrected chi connectivity index (χ1v) is 7.60. The Morgan fingerprint density at radius 1 is 1.24 bits per heavy atom. The summed E-state index contributed by atoms with van der Waals surface area (Å²) < 4.78 is 12.1. The third-order valence-electron chi connectivity index (χ3n) is 3.33. The van der Waals surface area contributed by atoms with Crippen molar-refractivity contribution in [2.75, 3.05) is 13.7 Å². The summed E-state index contributed by atoms with van der Waals surface area (Å²) in [4.78, 5) is 15.9. The van der Waals surface area contributed by atoms with E-state index >= 15 is 0 Å². The summed E-state index contributed by atoms with van der Waals surface area (Å²) in [7, 11) is 1.57. The van der Waals surface area contributed by atoms with Gasteiger partial charge in [-0.3, -0.25) is 9.78 Å². The lowest BCUT2D eigenvalue weighted by Gasteiger charge is -2.07. The Labute approximate surface area is 144 Å². The minimum absolute atomic E-state index is 0.0933. The number of methoxy groups -OCH3 is 1. The Bertz CT molecular complexity index is 835. The predicted molar refractivity (Wildman–Crippen MR) is 89.5 cm³/mol. The summed E-state index contributed by atoms with van der Waals surface area (Å²) >= 11 is 0. The van der Waals surface area contributed by atoms with Gasteiger partial charge >= 0.3 is 0 Å². The summed E-state index contributed by atoms with van der Waals surface area (Å²) in [5.41, 5.74) is 1.44. The van der Waals surface area contributed by atoms with Gasteiger partial charge in [0, 0.05) is 12.3 Å². The Morgan fingerprint density at radius 2 is 2.12 bits per heavy atom. The van der Waals surface area contributed by atoms with Gasteiger partial charge in [-0.25, -0.2) is 4.68 Å². The topological polar surface area (TPSA) is 91.2 Å². The van der Waals surface area contributed by atoms with Crippen molar-refractivity contribution < 1.29 is 14.3 Å². The van der Waals surface area contributed by atoms with E-state index in [-0.39, 0.29) is 19.1 Å². The van der Waals surface area contributed by atoms with Crippen LogP contribution in [0.2, 0.25) is 0 Å². The first-order chi connectivity index (χ1) is 12.2. The fourth-order valence-electron chi connectivity index (χ4n) is 2.07. The molecular weight excluding hydrogens is 322 g/mol. The molecule has 1 N–H and O–H groups in total. The number of pyridine rings is 1. The highest BCUT2D eigenvalue weighted by Gasteiger charge is 2.07. The largest absolute Gasteiger partial charge is 0.497 e. The van der Waals surface area contributed by atoms with Gasteiger partial charge in [0.1, 0.15) is 17.2 Å². The molecule has 0 spiro atoms. The lowest BCUT2D eigenvalue weighted by atomic mass is 10.3. The lowest BCUT2D eigenvalue weighted by Crippen LogP contribution is -2.28. The maximum atomic E-state index is 11.9.